The van der Waals surface area contributed by atoms with Gasteiger partial charge in [0.1, 0.15) is 0 Å². The fourth-order valence-corrected chi connectivity index (χ4v) is 3.99. The number of rotatable bonds is 3. The Morgan fingerprint density at radius 3 is 2.75 bits per heavy atom. The summed E-state index contributed by atoms with van der Waals surface area (Å²) in [6, 6.07) is 16.3. The molecule has 1 aliphatic carbocycles. The van der Waals surface area contributed by atoms with Crippen LogP contribution in [0.2, 0.25) is 0 Å². The molecule has 0 bridgehead atoms. The van der Waals surface area contributed by atoms with Gasteiger partial charge in [0.15, 0.2) is 17.2 Å². The molecule has 6 nitrogen and oxygen atoms in total. The third-order valence-electron chi connectivity index (χ3n) is 5.43. The smallest absolute Gasteiger partial charge is 0.359 e. The number of esters is 1. The minimum Gasteiger partial charge on any atom is -0.464 e. The monoisotopic (exact) mass is 374 g/mol. The van der Waals surface area contributed by atoms with Gasteiger partial charge in [0.05, 0.1) is 7.11 Å². The Kier molecular flexibility index (Phi) is 3.72. The average Bonchev–Trinajstić information content (AvgIpc) is 3.39. The van der Waals surface area contributed by atoms with Gasteiger partial charge in [-0.15, -0.1) is 0 Å². The number of carbonyl (C=O) groups excluding carboxylic acids is 1. The third kappa shape index (κ3) is 2.41. The SMILES string of the molecule is COC(=O)c1n[nH]c2c1C=CC(c1ccccc1)(c1ccc3c(c1)OCO3)C2. The average molecular weight is 374 g/mol. The van der Waals surface area contributed by atoms with Gasteiger partial charge in [0, 0.05) is 23.1 Å². The van der Waals surface area contributed by atoms with Crippen molar-refractivity contribution in [2.75, 3.05) is 13.9 Å². The highest BCUT2D eigenvalue weighted by atomic mass is 16.7. The zero-order valence-corrected chi connectivity index (χ0v) is 15.3. The first-order chi connectivity index (χ1) is 13.7. The quantitative estimate of drug-likeness (QED) is 0.711. The second kappa shape index (κ2) is 6.27. The fourth-order valence-electron chi connectivity index (χ4n) is 3.99. The number of allylic oxidation sites excluding steroid dienone is 1. The first kappa shape index (κ1) is 16.6. The van der Waals surface area contributed by atoms with Crippen molar-refractivity contribution in [2.45, 2.75) is 11.8 Å². The second-order valence-electron chi connectivity index (χ2n) is 6.87. The van der Waals surface area contributed by atoms with Gasteiger partial charge >= 0.3 is 5.97 Å². The van der Waals surface area contributed by atoms with Gasteiger partial charge in [-0.3, -0.25) is 5.10 Å². The van der Waals surface area contributed by atoms with Crippen molar-refractivity contribution in [3.05, 3.63) is 82.7 Å². The summed E-state index contributed by atoms with van der Waals surface area (Å²) in [5, 5.41) is 7.21. The van der Waals surface area contributed by atoms with Crippen LogP contribution < -0.4 is 9.47 Å². The van der Waals surface area contributed by atoms with E-state index >= 15 is 0 Å². The first-order valence-corrected chi connectivity index (χ1v) is 9.02. The van der Waals surface area contributed by atoms with Crippen molar-refractivity contribution in [3.8, 4) is 11.5 Å². The Bertz CT molecular complexity index is 1090. The molecule has 6 heteroatoms. The maximum Gasteiger partial charge on any atom is 0.359 e. The molecule has 140 valence electrons. The lowest BCUT2D eigenvalue weighted by Crippen LogP contribution is -2.30. The molecule has 2 heterocycles. The molecule has 1 N–H and O–H groups in total. The molecule has 0 saturated heterocycles. The number of carbonyl (C=O) groups is 1. The Morgan fingerprint density at radius 2 is 1.93 bits per heavy atom. The molecule has 1 aromatic heterocycles. The largest absolute Gasteiger partial charge is 0.464 e. The standard InChI is InChI=1S/C22H18N2O4/c1-26-21(25)20-16-9-10-22(12-17(16)23-24-20,14-5-3-2-4-6-14)15-7-8-18-19(11-15)28-13-27-18/h2-11H,12-13H2,1H3,(H,23,24). The Morgan fingerprint density at radius 1 is 1.11 bits per heavy atom. The van der Waals surface area contributed by atoms with E-state index in [0.29, 0.717) is 12.1 Å². The lowest BCUT2D eigenvalue weighted by Gasteiger charge is -2.34. The topological polar surface area (TPSA) is 73.4 Å². The summed E-state index contributed by atoms with van der Waals surface area (Å²) in [7, 11) is 1.36. The summed E-state index contributed by atoms with van der Waals surface area (Å²) in [6.07, 6.45) is 4.71. The molecule has 0 spiro atoms. The highest BCUT2D eigenvalue weighted by molar-refractivity contribution is 5.92. The van der Waals surface area contributed by atoms with E-state index in [0.717, 1.165) is 33.9 Å². The number of aromatic nitrogens is 2. The van der Waals surface area contributed by atoms with Crippen LogP contribution in [-0.4, -0.2) is 30.1 Å². The summed E-state index contributed by atoms with van der Waals surface area (Å²) in [5.74, 6) is 1.05. The van der Waals surface area contributed by atoms with E-state index in [1.165, 1.54) is 7.11 Å². The van der Waals surface area contributed by atoms with E-state index in [-0.39, 0.29) is 6.79 Å². The minimum absolute atomic E-state index is 0.236. The predicted octanol–water partition coefficient (Wildman–Crippen LogP) is 3.48. The van der Waals surface area contributed by atoms with Gasteiger partial charge in [-0.1, -0.05) is 48.6 Å². The van der Waals surface area contributed by atoms with Crippen LogP contribution in [0.3, 0.4) is 0 Å². The number of methoxy groups -OCH3 is 1. The molecule has 1 unspecified atom stereocenters. The third-order valence-corrected chi connectivity index (χ3v) is 5.43. The summed E-state index contributed by atoms with van der Waals surface area (Å²) in [6.45, 7) is 0.236. The fraction of sp³-hybridized carbons (Fsp3) is 0.182. The van der Waals surface area contributed by atoms with Crippen LogP contribution in [0.15, 0.2) is 54.6 Å². The van der Waals surface area contributed by atoms with Crippen LogP contribution in [0.1, 0.15) is 32.9 Å². The molecule has 5 rings (SSSR count). The number of nitrogens with one attached hydrogen (secondary N) is 1. The lowest BCUT2D eigenvalue weighted by atomic mass is 9.68. The van der Waals surface area contributed by atoms with Crippen molar-refractivity contribution < 1.29 is 19.0 Å². The molecule has 3 aromatic rings. The summed E-state index contributed by atoms with van der Waals surface area (Å²) in [5.41, 5.74) is 3.78. The number of H-pyrrole nitrogens is 1. The van der Waals surface area contributed by atoms with E-state index in [4.69, 9.17) is 14.2 Å². The lowest BCUT2D eigenvalue weighted by molar-refractivity contribution is 0.0593. The number of nitrogens with zero attached hydrogens (tertiary/aromatic N) is 1. The molecule has 1 atom stereocenters. The molecular formula is C22H18N2O4. The van der Waals surface area contributed by atoms with E-state index in [1.807, 2.05) is 36.4 Å². The molecule has 2 aliphatic rings. The number of hydrogen-bond donors (Lipinski definition) is 1. The van der Waals surface area contributed by atoms with Gasteiger partial charge in [0.25, 0.3) is 0 Å². The molecule has 0 amide bonds. The molecular weight excluding hydrogens is 356 g/mol. The normalized spacial score (nSPS) is 19.3. The molecule has 0 fully saturated rings. The number of hydrogen-bond acceptors (Lipinski definition) is 5. The molecule has 0 saturated carbocycles. The second-order valence-corrected chi connectivity index (χ2v) is 6.87. The van der Waals surface area contributed by atoms with E-state index in [1.54, 1.807) is 0 Å². The van der Waals surface area contributed by atoms with Crippen molar-refractivity contribution in [1.29, 1.82) is 0 Å². The number of benzene rings is 2. The number of aromatic amines is 1. The Hall–Kier alpha value is -3.54. The van der Waals surface area contributed by atoms with Gasteiger partial charge in [-0.2, -0.15) is 5.10 Å². The molecule has 1 aliphatic heterocycles. The van der Waals surface area contributed by atoms with Gasteiger partial charge < -0.3 is 14.2 Å². The minimum atomic E-state index is -0.447. The first-order valence-electron chi connectivity index (χ1n) is 9.02. The maximum absolute atomic E-state index is 12.0. The number of fused-ring (bicyclic) bond motifs is 2. The van der Waals surface area contributed by atoms with Crippen molar-refractivity contribution in [1.82, 2.24) is 10.2 Å². The summed E-state index contributed by atoms with van der Waals surface area (Å²) >= 11 is 0. The molecule has 2 aromatic carbocycles. The van der Waals surface area contributed by atoms with Gasteiger partial charge in [-0.05, 0) is 23.3 Å². The molecule has 28 heavy (non-hydrogen) atoms. The van der Waals surface area contributed by atoms with Crippen LogP contribution in [0.4, 0.5) is 0 Å². The highest BCUT2D eigenvalue weighted by Crippen LogP contribution is 2.44. The van der Waals surface area contributed by atoms with Gasteiger partial charge in [-0.25, -0.2) is 4.79 Å². The summed E-state index contributed by atoms with van der Waals surface area (Å²) < 4.78 is 15.9. The Labute approximate surface area is 161 Å². The predicted molar refractivity (Wildman–Crippen MR) is 102 cm³/mol. The van der Waals surface area contributed by atoms with Crippen LogP contribution in [0.25, 0.3) is 6.08 Å². The van der Waals surface area contributed by atoms with Crippen LogP contribution in [0, 0.1) is 0 Å². The zero-order chi connectivity index (χ0) is 19.1. The van der Waals surface area contributed by atoms with Crippen molar-refractivity contribution >= 4 is 12.0 Å². The zero-order valence-electron chi connectivity index (χ0n) is 15.3. The number of ether oxygens (including phenoxy) is 3. The summed E-state index contributed by atoms with van der Waals surface area (Å²) in [4.78, 5) is 12.0. The van der Waals surface area contributed by atoms with Crippen LogP contribution >= 0.6 is 0 Å². The van der Waals surface area contributed by atoms with Crippen molar-refractivity contribution in [3.63, 3.8) is 0 Å². The van der Waals surface area contributed by atoms with E-state index in [9.17, 15) is 4.79 Å². The van der Waals surface area contributed by atoms with Crippen LogP contribution in [0.5, 0.6) is 11.5 Å². The van der Waals surface area contributed by atoms with E-state index < -0.39 is 11.4 Å². The van der Waals surface area contributed by atoms with Crippen LogP contribution in [-0.2, 0) is 16.6 Å². The molecule has 0 radical (unpaired) electrons. The van der Waals surface area contributed by atoms with E-state index in [2.05, 4.69) is 34.5 Å². The Balaban J connectivity index is 1.67. The highest BCUT2D eigenvalue weighted by Gasteiger charge is 2.38. The van der Waals surface area contributed by atoms with Crippen molar-refractivity contribution in [2.24, 2.45) is 0 Å². The maximum atomic E-state index is 12.0. The van der Waals surface area contributed by atoms with Gasteiger partial charge in [0.2, 0.25) is 6.79 Å².